The summed E-state index contributed by atoms with van der Waals surface area (Å²) in [6, 6.07) is 10.1. The molecule has 9 heteroatoms. The highest BCUT2D eigenvalue weighted by Crippen LogP contribution is 2.55. The number of nitrogens with zero attached hydrogens (tertiary/aromatic N) is 2. The van der Waals surface area contributed by atoms with E-state index < -0.39 is 16.6 Å². The van der Waals surface area contributed by atoms with Gasteiger partial charge in [0.25, 0.3) is 5.91 Å². The van der Waals surface area contributed by atoms with Crippen LogP contribution in [-0.4, -0.2) is 36.1 Å². The molecular weight excluding hydrogens is 417 g/mol. The van der Waals surface area contributed by atoms with Crippen molar-refractivity contribution < 1.29 is 27.5 Å². The minimum absolute atomic E-state index is 0.0316. The molecule has 2 amide bonds. The van der Waals surface area contributed by atoms with Crippen molar-refractivity contribution in [1.29, 1.82) is 0 Å². The van der Waals surface area contributed by atoms with Crippen LogP contribution >= 0.6 is 11.8 Å². The number of hydrogen-bond acceptors (Lipinski definition) is 4. The van der Waals surface area contributed by atoms with Crippen molar-refractivity contribution in [3.8, 4) is 5.75 Å². The lowest BCUT2D eigenvalue weighted by atomic mass is 10.1. The van der Waals surface area contributed by atoms with E-state index >= 15 is 0 Å². The van der Waals surface area contributed by atoms with Gasteiger partial charge in [0.15, 0.2) is 4.87 Å². The molecule has 1 saturated heterocycles. The van der Waals surface area contributed by atoms with Crippen molar-refractivity contribution in [2.45, 2.75) is 24.5 Å². The molecule has 158 valence electrons. The van der Waals surface area contributed by atoms with E-state index in [4.69, 9.17) is 4.74 Å². The number of fused-ring (bicyclic) bond motifs is 2. The van der Waals surface area contributed by atoms with E-state index in [9.17, 15) is 22.8 Å². The molecule has 1 fully saturated rings. The van der Waals surface area contributed by atoms with E-state index in [1.54, 1.807) is 24.3 Å². The van der Waals surface area contributed by atoms with Gasteiger partial charge in [-0.25, -0.2) is 0 Å². The summed E-state index contributed by atoms with van der Waals surface area (Å²) in [6.45, 7) is 1.80. The van der Waals surface area contributed by atoms with Gasteiger partial charge in [-0.2, -0.15) is 13.2 Å². The summed E-state index contributed by atoms with van der Waals surface area (Å²) in [5.41, 5.74) is 0.779. The molecule has 30 heavy (non-hydrogen) atoms. The van der Waals surface area contributed by atoms with Gasteiger partial charge in [0.05, 0.1) is 24.9 Å². The zero-order valence-corrected chi connectivity index (χ0v) is 17.1. The Bertz CT molecular complexity index is 1030. The maximum atomic E-state index is 13.6. The van der Waals surface area contributed by atoms with Crippen molar-refractivity contribution >= 4 is 29.3 Å². The highest BCUT2D eigenvalue weighted by molar-refractivity contribution is 8.01. The first-order chi connectivity index (χ1) is 14.2. The van der Waals surface area contributed by atoms with Crippen LogP contribution in [0, 0.1) is 0 Å². The summed E-state index contributed by atoms with van der Waals surface area (Å²) in [7, 11) is 1.51. The first-order valence-corrected chi connectivity index (χ1v) is 10.3. The molecule has 2 aliphatic rings. The molecule has 1 unspecified atom stereocenters. The number of ether oxygens (including phenoxy) is 1. The molecule has 2 aromatic carbocycles. The number of benzene rings is 2. The molecule has 0 aromatic heterocycles. The van der Waals surface area contributed by atoms with Crippen LogP contribution in [0.2, 0.25) is 0 Å². The summed E-state index contributed by atoms with van der Waals surface area (Å²) >= 11 is 1.36. The molecule has 0 aliphatic carbocycles. The normalized spacial score (nSPS) is 20.8. The summed E-state index contributed by atoms with van der Waals surface area (Å²) in [6.07, 6.45) is -4.47. The zero-order valence-electron chi connectivity index (χ0n) is 16.3. The summed E-state index contributed by atoms with van der Waals surface area (Å²) in [5.74, 6) is 0.557. The fraction of sp³-hybridized carbons (Fsp3) is 0.333. The number of carbonyl (C=O) groups excluding carboxylic acids is 2. The summed E-state index contributed by atoms with van der Waals surface area (Å²) in [5, 5.41) is 0. The molecule has 5 nitrogen and oxygen atoms in total. The van der Waals surface area contributed by atoms with Crippen LogP contribution in [-0.2, 0) is 27.2 Å². The number of hydrogen-bond donors (Lipinski definition) is 0. The molecule has 0 saturated carbocycles. The Balaban J connectivity index is 1.80. The quantitative estimate of drug-likeness (QED) is 0.730. The standard InChI is InChI=1S/C21H19F3N2O3S/c1-13(27)26-8-9-30-20(26)17-11-16(29-2)6-7-18(17)25(19(20)28)12-14-4-3-5-15(10-14)21(22,23)24/h3-7,10-11H,8-9,12H2,1-2H3. The van der Waals surface area contributed by atoms with Crippen LogP contribution < -0.4 is 9.64 Å². The first-order valence-electron chi connectivity index (χ1n) is 9.27. The van der Waals surface area contributed by atoms with Crippen molar-refractivity contribution in [2.24, 2.45) is 0 Å². The second-order valence-corrected chi connectivity index (χ2v) is 8.42. The highest BCUT2D eigenvalue weighted by atomic mass is 32.2. The van der Waals surface area contributed by atoms with Gasteiger partial charge in [-0.15, -0.1) is 11.8 Å². The highest BCUT2D eigenvalue weighted by Gasteiger charge is 2.59. The van der Waals surface area contributed by atoms with Crippen molar-refractivity contribution in [3.63, 3.8) is 0 Å². The molecule has 2 heterocycles. The maximum absolute atomic E-state index is 13.6. The monoisotopic (exact) mass is 436 g/mol. The Morgan fingerprint density at radius 1 is 1.23 bits per heavy atom. The second kappa shape index (κ2) is 7.23. The molecule has 1 atom stereocenters. The number of rotatable bonds is 3. The fourth-order valence-corrected chi connectivity index (χ4v) is 5.54. The predicted molar refractivity (Wildman–Crippen MR) is 107 cm³/mol. The average Bonchev–Trinajstić information content (AvgIpc) is 3.25. The van der Waals surface area contributed by atoms with Crippen LogP contribution in [0.5, 0.6) is 5.75 Å². The van der Waals surface area contributed by atoms with E-state index in [0.29, 0.717) is 34.9 Å². The van der Waals surface area contributed by atoms with Gasteiger partial charge in [0.2, 0.25) is 5.91 Å². The van der Waals surface area contributed by atoms with Gasteiger partial charge >= 0.3 is 6.18 Å². The topological polar surface area (TPSA) is 49.9 Å². The van der Waals surface area contributed by atoms with Gasteiger partial charge in [0.1, 0.15) is 5.75 Å². The van der Waals surface area contributed by atoms with E-state index in [1.165, 1.54) is 41.7 Å². The van der Waals surface area contributed by atoms with E-state index in [0.717, 1.165) is 12.1 Å². The minimum Gasteiger partial charge on any atom is -0.497 e. The average molecular weight is 436 g/mol. The smallest absolute Gasteiger partial charge is 0.416 e. The van der Waals surface area contributed by atoms with Gasteiger partial charge in [-0.3, -0.25) is 9.59 Å². The number of carbonyl (C=O) groups is 2. The minimum atomic E-state index is -4.47. The molecular formula is C21H19F3N2O3S. The van der Waals surface area contributed by atoms with Crippen molar-refractivity contribution in [3.05, 3.63) is 59.2 Å². The van der Waals surface area contributed by atoms with Gasteiger partial charge in [-0.1, -0.05) is 12.1 Å². The summed E-state index contributed by atoms with van der Waals surface area (Å²) < 4.78 is 44.7. The molecule has 4 rings (SSSR count). The molecule has 0 N–H and O–H groups in total. The van der Waals surface area contributed by atoms with Crippen LogP contribution in [0.15, 0.2) is 42.5 Å². The predicted octanol–water partition coefficient (Wildman–Crippen LogP) is 4.01. The number of alkyl halides is 3. The largest absolute Gasteiger partial charge is 0.497 e. The number of halogens is 3. The number of thioether (sulfide) groups is 1. The Morgan fingerprint density at radius 3 is 2.67 bits per heavy atom. The lowest BCUT2D eigenvalue weighted by Gasteiger charge is -2.32. The maximum Gasteiger partial charge on any atom is 0.416 e. The number of anilines is 1. The van der Waals surface area contributed by atoms with Gasteiger partial charge in [0, 0.05) is 24.8 Å². The molecule has 0 radical (unpaired) electrons. The molecule has 2 aliphatic heterocycles. The van der Waals surface area contributed by atoms with Crippen LogP contribution in [0.1, 0.15) is 23.6 Å². The third-order valence-corrected chi connectivity index (χ3v) is 6.80. The van der Waals surface area contributed by atoms with Crippen molar-refractivity contribution in [1.82, 2.24) is 4.90 Å². The van der Waals surface area contributed by atoms with Crippen LogP contribution in [0.4, 0.5) is 18.9 Å². The Labute approximate surface area is 175 Å². The zero-order chi connectivity index (χ0) is 21.7. The van der Waals surface area contributed by atoms with Gasteiger partial charge < -0.3 is 14.5 Å². The van der Waals surface area contributed by atoms with Crippen LogP contribution in [0.3, 0.4) is 0 Å². The first kappa shape index (κ1) is 20.6. The molecule has 2 aromatic rings. The van der Waals surface area contributed by atoms with E-state index in [-0.39, 0.29) is 18.4 Å². The Hall–Kier alpha value is -2.68. The summed E-state index contributed by atoms with van der Waals surface area (Å²) in [4.78, 5) is 27.7. The number of amides is 2. The number of methoxy groups -OCH3 is 1. The molecule has 1 spiro atoms. The fourth-order valence-electron chi connectivity index (χ4n) is 4.04. The second-order valence-electron chi connectivity index (χ2n) is 7.14. The third kappa shape index (κ3) is 3.12. The van der Waals surface area contributed by atoms with Gasteiger partial charge in [-0.05, 0) is 35.9 Å². The third-order valence-electron chi connectivity index (χ3n) is 5.38. The van der Waals surface area contributed by atoms with E-state index in [1.807, 2.05) is 0 Å². The van der Waals surface area contributed by atoms with Crippen LogP contribution in [0.25, 0.3) is 0 Å². The molecule has 0 bridgehead atoms. The van der Waals surface area contributed by atoms with E-state index in [2.05, 4.69) is 0 Å². The Kier molecular flexibility index (Phi) is 4.96. The SMILES string of the molecule is COc1ccc2c(c1)C1(SCCN1C(C)=O)C(=O)N2Cc1cccc(C(F)(F)F)c1. The van der Waals surface area contributed by atoms with Crippen molar-refractivity contribution in [2.75, 3.05) is 24.3 Å². The lowest BCUT2D eigenvalue weighted by molar-refractivity contribution is -0.138. The Morgan fingerprint density at radius 2 is 2.00 bits per heavy atom. The lowest BCUT2D eigenvalue weighted by Crippen LogP contribution is -2.49.